The number of hydrogen-bond acceptors (Lipinski definition) is 6. The molecule has 2 saturated carbocycles. The molecule has 8 atom stereocenters. The molecule has 0 aliphatic heterocycles. The average Bonchev–Trinajstić information content (AvgIpc) is 3.17. The summed E-state index contributed by atoms with van der Waals surface area (Å²) in [7, 11) is -3.53. The zero-order chi connectivity index (χ0) is 37.5. The molecule has 2 aliphatic carbocycles. The first-order valence-corrected chi connectivity index (χ1v) is 20.5. The monoisotopic (exact) mass is 723 g/mol. The zero-order valence-corrected chi connectivity index (χ0v) is 31.9. The first kappa shape index (κ1) is 37.9. The zero-order valence-electron chi connectivity index (χ0n) is 31.1. The summed E-state index contributed by atoms with van der Waals surface area (Å²) in [6.45, 7) is 8.99. The predicted molar refractivity (Wildman–Crippen MR) is 213 cm³/mol. The van der Waals surface area contributed by atoms with Gasteiger partial charge in [0.1, 0.15) is 0 Å². The van der Waals surface area contributed by atoms with E-state index in [0.29, 0.717) is 34.8 Å². The van der Waals surface area contributed by atoms with Crippen molar-refractivity contribution in [2.24, 2.45) is 41.4 Å². The minimum atomic E-state index is -3.53. The van der Waals surface area contributed by atoms with Crippen LogP contribution in [0.1, 0.15) is 75.9 Å². The van der Waals surface area contributed by atoms with Crippen molar-refractivity contribution in [3.63, 3.8) is 0 Å². The van der Waals surface area contributed by atoms with Crippen LogP contribution in [0.5, 0.6) is 0 Å². The van der Waals surface area contributed by atoms with E-state index in [2.05, 4.69) is 72.8 Å². The molecule has 4 aromatic rings. The van der Waals surface area contributed by atoms with Crippen molar-refractivity contribution in [1.82, 2.24) is 14.7 Å². The number of nitrogens with one attached hydrogen (secondary N) is 1. The third-order valence-corrected chi connectivity index (χ3v) is 13.4. The van der Waals surface area contributed by atoms with Crippen LogP contribution in [0, 0.1) is 64.1 Å². The van der Waals surface area contributed by atoms with E-state index in [9.17, 15) is 18.9 Å². The summed E-state index contributed by atoms with van der Waals surface area (Å²) >= 11 is 0. The Labute approximate surface area is 315 Å². The fraction of sp³-hybridized carbons (Fsp3) is 0.378. The van der Waals surface area contributed by atoms with E-state index >= 15 is 0 Å². The highest BCUT2D eigenvalue weighted by Crippen LogP contribution is 2.40. The van der Waals surface area contributed by atoms with Crippen LogP contribution in [0.3, 0.4) is 0 Å². The van der Waals surface area contributed by atoms with Gasteiger partial charge in [0.15, 0.2) is 0 Å². The molecular weight excluding hydrogens is 675 g/mol. The van der Waals surface area contributed by atoms with Gasteiger partial charge < -0.3 is 0 Å². The molecule has 6 rings (SSSR count). The van der Waals surface area contributed by atoms with E-state index in [1.165, 1.54) is 0 Å². The highest BCUT2D eigenvalue weighted by atomic mass is 32.2. The van der Waals surface area contributed by atoms with Crippen LogP contribution in [0.15, 0.2) is 97.3 Å². The number of benzene rings is 2. The number of allylic oxidation sites excluding steroid dienone is 1. The number of nitriles is 2. The van der Waals surface area contributed by atoms with Crippen molar-refractivity contribution < 1.29 is 8.42 Å². The second-order valence-electron chi connectivity index (χ2n) is 15.3. The van der Waals surface area contributed by atoms with Gasteiger partial charge in [0.2, 0.25) is 10.0 Å². The van der Waals surface area contributed by atoms with E-state index in [1.807, 2.05) is 79.0 Å². The van der Waals surface area contributed by atoms with Gasteiger partial charge in [0.05, 0.1) is 40.4 Å². The maximum Gasteiger partial charge on any atom is 0.212 e. The molecule has 0 bridgehead atoms. The van der Waals surface area contributed by atoms with E-state index in [-0.39, 0.29) is 29.5 Å². The molecule has 7 nitrogen and oxygen atoms in total. The van der Waals surface area contributed by atoms with Crippen LogP contribution in [-0.2, 0) is 10.0 Å². The Balaban J connectivity index is 1.10. The van der Waals surface area contributed by atoms with Crippen LogP contribution in [-0.4, -0.2) is 30.2 Å². The lowest BCUT2D eigenvalue weighted by Gasteiger charge is -2.40. The molecule has 0 amide bonds. The summed E-state index contributed by atoms with van der Waals surface area (Å²) in [5.74, 6) is 2.10. The fourth-order valence-electron chi connectivity index (χ4n) is 8.35. The van der Waals surface area contributed by atoms with Crippen LogP contribution in [0.25, 0.3) is 34.4 Å². The summed E-state index contributed by atoms with van der Waals surface area (Å²) in [6, 6.07) is 27.3. The lowest BCUT2D eigenvalue weighted by molar-refractivity contribution is 0.169. The number of aromatic nitrogens is 2. The largest absolute Gasteiger partial charge is 0.256 e. The van der Waals surface area contributed by atoms with Gasteiger partial charge in [0, 0.05) is 40.7 Å². The van der Waals surface area contributed by atoms with Gasteiger partial charge in [-0.15, -0.1) is 0 Å². The molecule has 2 heterocycles. The first-order chi connectivity index (χ1) is 25.5. The maximum atomic E-state index is 13.8. The Kier molecular flexibility index (Phi) is 12.0. The van der Waals surface area contributed by atoms with E-state index in [0.717, 1.165) is 59.3 Å². The van der Waals surface area contributed by atoms with Crippen LogP contribution in [0.4, 0.5) is 0 Å². The van der Waals surface area contributed by atoms with Crippen molar-refractivity contribution in [3.05, 3.63) is 120 Å². The Morgan fingerprint density at radius 1 is 0.717 bits per heavy atom. The summed E-state index contributed by atoms with van der Waals surface area (Å²) in [4.78, 5) is 9.31. The quantitative estimate of drug-likeness (QED) is 0.174. The Hall–Kier alpha value is -4.89. The molecule has 1 N–H and O–H groups in total. The number of sulfonamides is 1. The van der Waals surface area contributed by atoms with Crippen LogP contribution >= 0.6 is 0 Å². The molecule has 1 unspecified atom stereocenters. The van der Waals surface area contributed by atoms with Gasteiger partial charge in [-0.2, -0.15) is 10.5 Å². The van der Waals surface area contributed by atoms with Gasteiger partial charge in [-0.05, 0) is 104 Å². The highest BCUT2D eigenvalue weighted by Gasteiger charge is 2.38. The molecule has 0 radical (unpaired) electrons. The van der Waals surface area contributed by atoms with Crippen molar-refractivity contribution in [1.29, 1.82) is 10.5 Å². The Bertz CT molecular complexity index is 2130. The van der Waals surface area contributed by atoms with Crippen molar-refractivity contribution in [2.45, 2.75) is 59.4 Å². The van der Waals surface area contributed by atoms with Crippen molar-refractivity contribution in [2.75, 3.05) is 5.75 Å². The molecule has 2 fully saturated rings. The topological polar surface area (TPSA) is 120 Å². The van der Waals surface area contributed by atoms with Gasteiger partial charge in [-0.1, -0.05) is 88.4 Å². The van der Waals surface area contributed by atoms with Gasteiger partial charge in [-0.3, -0.25) is 9.97 Å². The van der Waals surface area contributed by atoms with Crippen molar-refractivity contribution >= 4 is 22.2 Å². The Morgan fingerprint density at radius 2 is 1.28 bits per heavy atom. The normalized spacial score (nSPS) is 26.3. The SMILES string of the molecule is C[C@H]1[C@H](/C=C/c2ccc(-c3ccccc3C#N)cn2)[C@@H](NS(=O)(=O)CC2C[C@@H](/C=C/c3ccc(-c4ccccc4C#N)cn3)[C@H](C)[C@@H](C)C2)CC[C@@H]1C. The molecular formula is C45H49N5O2S. The molecule has 2 aromatic heterocycles. The van der Waals surface area contributed by atoms with Crippen LogP contribution in [0.2, 0.25) is 0 Å². The summed E-state index contributed by atoms with van der Waals surface area (Å²) in [6.07, 6.45) is 15.5. The van der Waals surface area contributed by atoms with Crippen LogP contribution < -0.4 is 4.72 Å². The maximum absolute atomic E-state index is 13.8. The number of hydrogen-bond donors (Lipinski definition) is 1. The second kappa shape index (κ2) is 16.8. The lowest BCUT2D eigenvalue weighted by Crippen LogP contribution is -2.47. The predicted octanol–water partition coefficient (Wildman–Crippen LogP) is 9.55. The fourth-order valence-corrected chi connectivity index (χ4v) is 10.1. The third-order valence-electron chi connectivity index (χ3n) is 11.9. The van der Waals surface area contributed by atoms with Crippen molar-refractivity contribution in [3.8, 4) is 34.4 Å². The highest BCUT2D eigenvalue weighted by molar-refractivity contribution is 7.89. The smallest absolute Gasteiger partial charge is 0.212 e. The minimum absolute atomic E-state index is 0.0440. The Morgan fingerprint density at radius 3 is 1.83 bits per heavy atom. The lowest BCUT2D eigenvalue weighted by atomic mass is 9.69. The molecule has 2 aromatic carbocycles. The summed E-state index contributed by atoms with van der Waals surface area (Å²) < 4.78 is 30.9. The molecule has 8 heteroatoms. The standard InChI is InChI=1S/C45H49N5O2S/c1-30-13-22-45(42(33(30)4)21-20-41-19-16-39(28-49-41)44-12-8-6-10-37(44)26-47)50-53(51,52)29-34-23-31(2)32(3)35(24-34)14-17-40-18-15-38(27-48-40)43-11-7-5-9-36(43)25-46/h5-12,14-21,27-28,30-35,42,45,50H,13,22-24,29H2,1-4H3/b17-14+,21-20+/t30-,31-,32+,33+,34?,35+,42-,45-/m0/s1. The summed E-state index contributed by atoms with van der Waals surface area (Å²) in [5.41, 5.74) is 6.39. The molecule has 0 saturated heterocycles. The van der Waals surface area contributed by atoms with Gasteiger partial charge in [0.25, 0.3) is 0 Å². The van der Waals surface area contributed by atoms with E-state index in [4.69, 9.17) is 0 Å². The molecule has 272 valence electrons. The number of pyridine rings is 2. The minimum Gasteiger partial charge on any atom is -0.256 e. The number of rotatable bonds is 10. The third kappa shape index (κ3) is 9.19. The molecule has 2 aliphatic rings. The van der Waals surface area contributed by atoms with Gasteiger partial charge in [-0.25, -0.2) is 13.1 Å². The second-order valence-corrected chi connectivity index (χ2v) is 17.1. The summed E-state index contributed by atoms with van der Waals surface area (Å²) in [5, 5.41) is 19.0. The van der Waals surface area contributed by atoms with E-state index < -0.39 is 10.0 Å². The molecule has 0 spiro atoms. The van der Waals surface area contributed by atoms with Gasteiger partial charge >= 0.3 is 0 Å². The first-order valence-electron chi connectivity index (χ1n) is 18.8. The molecule has 53 heavy (non-hydrogen) atoms. The number of nitrogens with zero attached hydrogens (tertiary/aromatic N) is 4. The average molecular weight is 724 g/mol. The van der Waals surface area contributed by atoms with E-state index in [1.54, 1.807) is 12.3 Å².